The third-order valence-corrected chi connectivity index (χ3v) is 2.87. The van der Waals surface area contributed by atoms with Crippen LogP contribution in [0.25, 0.3) is 0 Å². The lowest BCUT2D eigenvalue weighted by molar-refractivity contribution is -0.139. The highest BCUT2D eigenvalue weighted by atomic mass is 16.5. The lowest BCUT2D eigenvalue weighted by Gasteiger charge is -2.14. The minimum atomic E-state index is -1.10. The first-order chi connectivity index (χ1) is 10.6. The second-order valence-corrected chi connectivity index (χ2v) is 4.51. The van der Waals surface area contributed by atoms with Gasteiger partial charge in [0.15, 0.2) is 0 Å². The first kappa shape index (κ1) is 17.9. The summed E-state index contributed by atoms with van der Waals surface area (Å²) in [5.74, 6) is -1.05. The molecule has 0 bridgehead atoms. The Morgan fingerprint density at radius 3 is 2.55 bits per heavy atom. The number of carboxylic acids is 1. The molecule has 1 amide bonds. The van der Waals surface area contributed by atoms with E-state index in [1.807, 2.05) is 0 Å². The van der Waals surface area contributed by atoms with Crippen LogP contribution in [-0.2, 0) is 14.3 Å². The predicted molar refractivity (Wildman–Crippen MR) is 79.2 cm³/mol. The molecule has 0 aliphatic rings. The van der Waals surface area contributed by atoms with Crippen LogP contribution in [0.1, 0.15) is 16.8 Å². The number of hydrogen-bond donors (Lipinski definition) is 2. The Hall–Kier alpha value is -2.12. The standard InChI is InChI=1S/C15H21NO6/c1-20-7-6-13(15(18)19)16-14(17)11-4-3-5-12(10-11)22-9-8-21-2/h3-5,10,13H,6-9H2,1-2H3,(H,16,17)(H,18,19). The smallest absolute Gasteiger partial charge is 0.326 e. The molecular weight excluding hydrogens is 290 g/mol. The van der Waals surface area contributed by atoms with E-state index < -0.39 is 17.9 Å². The van der Waals surface area contributed by atoms with Gasteiger partial charge in [-0.1, -0.05) is 6.07 Å². The summed E-state index contributed by atoms with van der Waals surface area (Å²) < 4.78 is 15.1. The maximum atomic E-state index is 12.1. The third-order valence-electron chi connectivity index (χ3n) is 2.87. The average molecular weight is 311 g/mol. The van der Waals surface area contributed by atoms with Gasteiger partial charge < -0.3 is 24.6 Å². The molecule has 0 aliphatic heterocycles. The van der Waals surface area contributed by atoms with Crippen LogP contribution >= 0.6 is 0 Å². The summed E-state index contributed by atoms with van der Waals surface area (Å²) >= 11 is 0. The summed E-state index contributed by atoms with van der Waals surface area (Å²) in [6.07, 6.45) is 0.196. The van der Waals surface area contributed by atoms with E-state index >= 15 is 0 Å². The third kappa shape index (κ3) is 6.11. The first-order valence-corrected chi connectivity index (χ1v) is 6.83. The number of amides is 1. The van der Waals surface area contributed by atoms with Crippen molar-refractivity contribution in [3.8, 4) is 5.75 Å². The molecule has 1 atom stereocenters. The fourth-order valence-corrected chi connectivity index (χ4v) is 1.70. The lowest BCUT2D eigenvalue weighted by Crippen LogP contribution is -2.41. The van der Waals surface area contributed by atoms with Crippen molar-refractivity contribution in [1.29, 1.82) is 0 Å². The molecule has 0 heterocycles. The van der Waals surface area contributed by atoms with Crippen LogP contribution in [0, 0.1) is 0 Å². The molecule has 122 valence electrons. The SMILES string of the molecule is COCCOc1cccc(C(=O)NC(CCOC)C(=O)O)c1. The summed E-state index contributed by atoms with van der Waals surface area (Å²) in [5, 5.41) is 11.5. The number of carbonyl (C=O) groups is 2. The second kappa shape index (κ2) is 9.75. The van der Waals surface area contributed by atoms with Crippen LogP contribution in [0.4, 0.5) is 0 Å². The topological polar surface area (TPSA) is 94.1 Å². The molecule has 1 aromatic rings. The molecule has 7 nitrogen and oxygen atoms in total. The predicted octanol–water partition coefficient (Wildman–Crippen LogP) is 0.931. The highest BCUT2D eigenvalue weighted by molar-refractivity contribution is 5.96. The van der Waals surface area contributed by atoms with Gasteiger partial charge in [0, 0.05) is 32.8 Å². The fraction of sp³-hybridized carbons (Fsp3) is 0.467. The van der Waals surface area contributed by atoms with E-state index in [1.165, 1.54) is 7.11 Å². The van der Waals surface area contributed by atoms with Gasteiger partial charge in [-0.3, -0.25) is 4.79 Å². The number of aliphatic carboxylic acids is 1. The van der Waals surface area contributed by atoms with Crippen molar-refractivity contribution in [2.24, 2.45) is 0 Å². The summed E-state index contributed by atoms with van der Waals surface area (Å²) in [6.45, 7) is 1.05. The van der Waals surface area contributed by atoms with Crippen molar-refractivity contribution in [1.82, 2.24) is 5.32 Å². The maximum absolute atomic E-state index is 12.1. The quantitative estimate of drug-likeness (QED) is 0.624. The zero-order valence-corrected chi connectivity index (χ0v) is 12.7. The molecule has 1 aromatic carbocycles. The molecule has 0 radical (unpaired) electrons. The van der Waals surface area contributed by atoms with Crippen molar-refractivity contribution in [2.45, 2.75) is 12.5 Å². The Kier molecular flexibility index (Phi) is 7.95. The monoisotopic (exact) mass is 311 g/mol. The molecule has 0 fully saturated rings. The molecule has 2 N–H and O–H groups in total. The van der Waals surface area contributed by atoms with E-state index in [-0.39, 0.29) is 13.0 Å². The van der Waals surface area contributed by atoms with E-state index in [0.717, 1.165) is 0 Å². The Morgan fingerprint density at radius 2 is 1.91 bits per heavy atom. The van der Waals surface area contributed by atoms with Crippen LogP contribution in [0.15, 0.2) is 24.3 Å². The summed E-state index contributed by atoms with van der Waals surface area (Å²) in [4.78, 5) is 23.2. The van der Waals surface area contributed by atoms with Crippen LogP contribution in [0.2, 0.25) is 0 Å². The largest absolute Gasteiger partial charge is 0.491 e. The van der Waals surface area contributed by atoms with E-state index in [9.17, 15) is 9.59 Å². The van der Waals surface area contributed by atoms with Gasteiger partial charge in [0.05, 0.1) is 6.61 Å². The summed E-state index contributed by atoms with van der Waals surface area (Å²) in [6, 6.07) is 5.53. The number of rotatable bonds is 10. The van der Waals surface area contributed by atoms with Gasteiger partial charge >= 0.3 is 5.97 Å². The van der Waals surface area contributed by atoms with E-state index in [0.29, 0.717) is 24.5 Å². The van der Waals surface area contributed by atoms with E-state index in [2.05, 4.69) is 5.32 Å². The minimum Gasteiger partial charge on any atom is -0.491 e. The molecule has 0 aromatic heterocycles. The fourth-order valence-electron chi connectivity index (χ4n) is 1.70. The van der Waals surface area contributed by atoms with Crippen LogP contribution in [0.5, 0.6) is 5.75 Å². The van der Waals surface area contributed by atoms with Crippen molar-refractivity contribution < 1.29 is 28.9 Å². The van der Waals surface area contributed by atoms with Gasteiger partial charge in [-0.15, -0.1) is 0 Å². The molecule has 7 heteroatoms. The molecule has 0 saturated heterocycles. The molecule has 1 unspecified atom stereocenters. The van der Waals surface area contributed by atoms with Gasteiger partial charge in [-0.25, -0.2) is 4.79 Å². The van der Waals surface area contributed by atoms with Crippen molar-refractivity contribution in [3.63, 3.8) is 0 Å². The zero-order valence-electron chi connectivity index (χ0n) is 12.7. The molecule has 0 saturated carbocycles. The number of benzene rings is 1. The Balaban J connectivity index is 2.67. The molecule has 22 heavy (non-hydrogen) atoms. The molecule has 1 rings (SSSR count). The van der Waals surface area contributed by atoms with E-state index in [1.54, 1.807) is 31.4 Å². The Bertz CT molecular complexity index is 491. The normalized spacial score (nSPS) is 11.7. The van der Waals surface area contributed by atoms with Crippen molar-refractivity contribution >= 4 is 11.9 Å². The number of methoxy groups -OCH3 is 2. The molecular formula is C15H21NO6. The maximum Gasteiger partial charge on any atom is 0.326 e. The number of ether oxygens (including phenoxy) is 3. The van der Waals surface area contributed by atoms with Gasteiger partial charge in [0.25, 0.3) is 5.91 Å². The van der Waals surface area contributed by atoms with E-state index in [4.69, 9.17) is 19.3 Å². The minimum absolute atomic E-state index is 0.196. The van der Waals surface area contributed by atoms with Crippen LogP contribution in [-0.4, -0.2) is 57.1 Å². The highest BCUT2D eigenvalue weighted by Gasteiger charge is 2.20. The molecule has 0 aliphatic carbocycles. The van der Waals surface area contributed by atoms with Gasteiger partial charge in [0.1, 0.15) is 18.4 Å². The van der Waals surface area contributed by atoms with Gasteiger partial charge in [-0.05, 0) is 18.2 Å². The average Bonchev–Trinajstić information content (AvgIpc) is 2.51. The number of carbonyl (C=O) groups excluding carboxylic acids is 1. The second-order valence-electron chi connectivity index (χ2n) is 4.51. The summed E-state index contributed by atoms with van der Waals surface area (Å²) in [7, 11) is 3.04. The first-order valence-electron chi connectivity index (χ1n) is 6.83. The zero-order chi connectivity index (χ0) is 16.4. The van der Waals surface area contributed by atoms with Crippen LogP contribution in [0.3, 0.4) is 0 Å². The highest BCUT2D eigenvalue weighted by Crippen LogP contribution is 2.13. The lowest BCUT2D eigenvalue weighted by atomic mass is 10.1. The number of carboxylic acid groups (broad SMARTS) is 1. The van der Waals surface area contributed by atoms with Gasteiger partial charge in [0.2, 0.25) is 0 Å². The van der Waals surface area contributed by atoms with Crippen LogP contribution < -0.4 is 10.1 Å². The Morgan fingerprint density at radius 1 is 1.18 bits per heavy atom. The van der Waals surface area contributed by atoms with Crippen molar-refractivity contribution in [3.05, 3.63) is 29.8 Å². The molecule has 0 spiro atoms. The summed E-state index contributed by atoms with van der Waals surface area (Å²) in [5.41, 5.74) is 0.332. The van der Waals surface area contributed by atoms with Gasteiger partial charge in [-0.2, -0.15) is 0 Å². The van der Waals surface area contributed by atoms with Crippen molar-refractivity contribution in [2.75, 3.05) is 34.0 Å². The Labute approximate surface area is 129 Å². The number of hydrogen-bond acceptors (Lipinski definition) is 5. The number of nitrogens with one attached hydrogen (secondary N) is 1.